The van der Waals surface area contributed by atoms with Gasteiger partial charge in [-0.05, 0) is 43.2 Å². The van der Waals surface area contributed by atoms with Crippen molar-refractivity contribution in [2.45, 2.75) is 19.9 Å². The number of fused-ring (bicyclic) bond motifs is 1. The number of amides is 1. The first-order chi connectivity index (χ1) is 16.7. The molecule has 0 radical (unpaired) electrons. The van der Waals surface area contributed by atoms with Crippen molar-refractivity contribution in [3.8, 4) is 0 Å². The molecule has 2 aromatic carbocycles. The topological polar surface area (TPSA) is 141 Å². The van der Waals surface area contributed by atoms with Crippen LogP contribution in [-0.4, -0.2) is 29.6 Å². The van der Waals surface area contributed by atoms with Gasteiger partial charge in [0.25, 0.3) is 5.91 Å². The molecule has 2 heterocycles. The molecular formula is C24H23ClFN7O2. The molecule has 1 atom stereocenters. The fourth-order valence-corrected chi connectivity index (χ4v) is 3.93. The van der Waals surface area contributed by atoms with Crippen LogP contribution in [0.2, 0.25) is 5.02 Å². The Morgan fingerprint density at radius 1 is 1.37 bits per heavy atom. The summed E-state index contributed by atoms with van der Waals surface area (Å²) in [5, 5.41) is 16.4. The van der Waals surface area contributed by atoms with Gasteiger partial charge in [-0.15, -0.1) is 0 Å². The Labute approximate surface area is 205 Å². The van der Waals surface area contributed by atoms with E-state index in [0.29, 0.717) is 32.9 Å². The van der Waals surface area contributed by atoms with Gasteiger partial charge < -0.3 is 26.2 Å². The first kappa shape index (κ1) is 24.0. The maximum Gasteiger partial charge on any atom is 0.302 e. The molecule has 180 valence electrons. The number of nitrogens with zero attached hydrogens (tertiary/aromatic N) is 2. The first-order valence-electron chi connectivity index (χ1n) is 10.6. The number of aromatic nitrogens is 1. The number of anilines is 2. The van der Waals surface area contributed by atoms with Gasteiger partial charge >= 0.3 is 6.01 Å². The van der Waals surface area contributed by atoms with Crippen molar-refractivity contribution in [2.24, 2.45) is 4.99 Å². The van der Waals surface area contributed by atoms with E-state index in [1.165, 1.54) is 12.1 Å². The second kappa shape index (κ2) is 9.59. The number of hydrogen-bond acceptors (Lipinski definition) is 8. The van der Waals surface area contributed by atoms with E-state index in [1.54, 1.807) is 13.0 Å². The summed E-state index contributed by atoms with van der Waals surface area (Å²) >= 11 is 6.54. The maximum absolute atomic E-state index is 13.8. The average Bonchev–Trinajstić information content (AvgIpc) is 3.22. The second-order valence-corrected chi connectivity index (χ2v) is 8.41. The van der Waals surface area contributed by atoms with E-state index in [2.05, 4.69) is 32.5 Å². The van der Waals surface area contributed by atoms with Crippen molar-refractivity contribution in [3.63, 3.8) is 0 Å². The number of rotatable bonds is 6. The van der Waals surface area contributed by atoms with Crippen molar-refractivity contribution in [2.75, 3.05) is 17.6 Å². The zero-order chi connectivity index (χ0) is 25.3. The van der Waals surface area contributed by atoms with Crippen LogP contribution < -0.4 is 21.7 Å². The van der Waals surface area contributed by atoms with Crippen molar-refractivity contribution in [1.82, 2.24) is 15.6 Å². The van der Waals surface area contributed by atoms with E-state index >= 15 is 0 Å². The summed E-state index contributed by atoms with van der Waals surface area (Å²) in [4.78, 5) is 22.0. The number of hydrogen-bond donors (Lipinski definition) is 5. The number of carbonyl (C=O) groups excluding carboxylic acids is 1. The van der Waals surface area contributed by atoms with E-state index in [9.17, 15) is 9.18 Å². The zero-order valence-corrected chi connectivity index (χ0v) is 19.8. The van der Waals surface area contributed by atoms with Crippen molar-refractivity contribution >= 4 is 52.5 Å². The Kier molecular flexibility index (Phi) is 6.57. The lowest BCUT2D eigenvalue weighted by Gasteiger charge is -2.27. The second-order valence-electron chi connectivity index (χ2n) is 8.01. The van der Waals surface area contributed by atoms with E-state index in [0.717, 1.165) is 11.8 Å². The molecule has 1 aromatic heterocycles. The molecule has 0 fully saturated rings. The highest BCUT2D eigenvalue weighted by Gasteiger charge is 2.31. The molecule has 35 heavy (non-hydrogen) atoms. The van der Waals surface area contributed by atoms with Crippen LogP contribution in [0, 0.1) is 18.2 Å². The smallest absolute Gasteiger partial charge is 0.302 e. The highest BCUT2D eigenvalue weighted by Crippen LogP contribution is 2.35. The fraction of sp³-hybridized carbons (Fsp3) is 0.167. The first-order valence-corrected chi connectivity index (χ1v) is 11.0. The Bertz CT molecular complexity index is 1430. The highest BCUT2D eigenvalue weighted by atomic mass is 35.5. The van der Waals surface area contributed by atoms with Gasteiger partial charge in [-0.25, -0.2) is 9.38 Å². The normalized spacial score (nSPS) is 15.4. The molecule has 0 aliphatic carbocycles. The number of aliphatic imine (C=N–C) groups is 1. The quantitative estimate of drug-likeness (QED) is 0.256. The molecule has 0 saturated carbocycles. The van der Waals surface area contributed by atoms with Gasteiger partial charge in [0.05, 0.1) is 5.57 Å². The van der Waals surface area contributed by atoms with Crippen molar-refractivity contribution in [3.05, 3.63) is 75.7 Å². The van der Waals surface area contributed by atoms with Crippen LogP contribution in [0.15, 0.2) is 63.2 Å². The minimum absolute atomic E-state index is 0.0419. The Morgan fingerprint density at radius 2 is 2.14 bits per heavy atom. The largest absolute Gasteiger partial charge is 0.421 e. The van der Waals surface area contributed by atoms with Gasteiger partial charge in [0.15, 0.2) is 5.58 Å². The third-order valence-electron chi connectivity index (χ3n) is 5.39. The molecule has 4 rings (SSSR count). The maximum atomic E-state index is 13.8. The Hall–Kier alpha value is -4.18. The molecule has 0 spiro atoms. The number of aryl methyl sites for hydroxylation is 1. The summed E-state index contributed by atoms with van der Waals surface area (Å²) < 4.78 is 19.4. The van der Waals surface area contributed by atoms with Crippen molar-refractivity contribution < 1.29 is 13.6 Å². The minimum atomic E-state index is -0.757. The highest BCUT2D eigenvalue weighted by molar-refractivity contribution is 6.31. The predicted molar refractivity (Wildman–Crippen MR) is 135 cm³/mol. The molecule has 9 nitrogen and oxygen atoms in total. The molecule has 3 aromatic rings. The van der Waals surface area contributed by atoms with Gasteiger partial charge in [0.2, 0.25) is 5.96 Å². The standard InChI is InChI=1S/C24H23ClFN7O2/c1-11-4-5-14(15(25)8-11)20-18(22(34)29-10-12(2)9-27)13(3)30-23(32-20)33-24-31-17-7-6-16(26)19(28)21(17)35-24/h4-9,20,27H,2,10,28H2,1,3H3,(H,29,34)(H2,30,31,32,33). The number of nitrogens with two attached hydrogens (primary N) is 1. The lowest BCUT2D eigenvalue weighted by Crippen LogP contribution is -2.39. The molecule has 1 aliphatic rings. The average molecular weight is 496 g/mol. The van der Waals surface area contributed by atoms with Crippen LogP contribution in [0.3, 0.4) is 0 Å². The number of allylic oxidation sites excluding steroid dienone is 1. The lowest BCUT2D eigenvalue weighted by atomic mass is 9.95. The molecule has 6 N–H and O–H groups in total. The van der Waals surface area contributed by atoms with Gasteiger partial charge in [-0.2, -0.15) is 4.98 Å². The van der Waals surface area contributed by atoms with Gasteiger partial charge in [0.1, 0.15) is 23.1 Å². The number of nitrogen functional groups attached to an aromatic ring is 1. The zero-order valence-electron chi connectivity index (χ0n) is 19.0. The third-order valence-corrected chi connectivity index (χ3v) is 5.71. The van der Waals surface area contributed by atoms with E-state index in [1.807, 2.05) is 19.1 Å². The van der Waals surface area contributed by atoms with Crippen LogP contribution in [0.1, 0.15) is 24.1 Å². The van der Waals surface area contributed by atoms with Crippen molar-refractivity contribution in [1.29, 1.82) is 5.41 Å². The number of halogens is 2. The number of oxazole rings is 1. The summed E-state index contributed by atoms with van der Waals surface area (Å²) in [5.74, 6) is -0.745. The van der Waals surface area contributed by atoms with E-state index in [-0.39, 0.29) is 35.7 Å². The van der Waals surface area contributed by atoms with Gasteiger partial charge in [-0.3, -0.25) is 10.1 Å². The molecule has 0 bridgehead atoms. The van der Waals surface area contributed by atoms with Crippen LogP contribution >= 0.6 is 11.6 Å². The van der Waals surface area contributed by atoms with Gasteiger partial charge in [-0.1, -0.05) is 30.3 Å². The molecule has 0 saturated heterocycles. The monoisotopic (exact) mass is 495 g/mol. The summed E-state index contributed by atoms with van der Waals surface area (Å²) in [7, 11) is 0. The van der Waals surface area contributed by atoms with Crippen LogP contribution in [0.5, 0.6) is 0 Å². The fourth-order valence-electron chi connectivity index (χ4n) is 3.60. The van der Waals surface area contributed by atoms with E-state index in [4.69, 9.17) is 27.2 Å². The SMILES string of the molecule is C=C(C=N)CNC(=O)C1=C(C)NC(Nc2nc3ccc(F)c(N)c3o2)=NC1c1ccc(C)cc1Cl. The lowest BCUT2D eigenvalue weighted by molar-refractivity contribution is -0.117. The van der Waals surface area contributed by atoms with Crippen LogP contribution in [-0.2, 0) is 4.79 Å². The molecular weight excluding hydrogens is 473 g/mol. The van der Waals surface area contributed by atoms with Crippen LogP contribution in [0.25, 0.3) is 11.1 Å². The third kappa shape index (κ3) is 4.87. The Morgan fingerprint density at radius 3 is 2.86 bits per heavy atom. The Balaban J connectivity index is 1.70. The van der Waals surface area contributed by atoms with E-state index < -0.39 is 11.9 Å². The number of guanidine groups is 1. The minimum Gasteiger partial charge on any atom is -0.421 e. The molecule has 1 aliphatic heterocycles. The summed E-state index contributed by atoms with van der Waals surface area (Å²) in [6.45, 7) is 7.45. The summed E-state index contributed by atoms with van der Waals surface area (Å²) in [6, 6.07) is 7.44. The predicted octanol–water partition coefficient (Wildman–Crippen LogP) is 4.22. The molecule has 1 unspecified atom stereocenters. The summed E-state index contributed by atoms with van der Waals surface area (Å²) in [5.41, 5.74) is 8.99. The number of nitrogens with one attached hydrogen (secondary N) is 4. The summed E-state index contributed by atoms with van der Waals surface area (Å²) in [6.07, 6.45) is 1.08. The molecule has 1 amide bonds. The van der Waals surface area contributed by atoms with Crippen LogP contribution in [0.4, 0.5) is 16.1 Å². The van der Waals surface area contributed by atoms with Gasteiger partial charge in [0, 0.05) is 29.0 Å². The number of benzene rings is 2. The number of carbonyl (C=O) groups is 1. The molecule has 11 heteroatoms.